The molecule has 15 heavy (non-hydrogen) atoms. The Morgan fingerprint density at radius 3 is 2.80 bits per heavy atom. The molecule has 2 rings (SSSR count). The first kappa shape index (κ1) is 9.79. The SMILES string of the molecule is Cc1n[nH]c2cc(O)c(O)c(Cl)c2c1=O. The van der Waals surface area contributed by atoms with E-state index in [1.54, 1.807) is 0 Å². The molecule has 2 aromatic rings. The number of hydrogen-bond donors (Lipinski definition) is 3. The molecule has 78 valence electrons. The minimum Gasteiger partial charge on any atom is -0.504 e. The number of H-pyrrole nitrogens is 1. The summed E-state index contributed by atoms with van der Waals surface area (Å²) < 4.78 is 0. The Morgan fingerprint density at radius 1 is 1.47 bits per heavy atom. The van der Waals surface area contributed by atoms with Gasteiger partial charge in [-0.25, -0.2) is 0 Å². The van der Waals surface area contributed by atoms with E-state index >= 15 is 0 Å². The molecule has 5 nitrogen and oxygen atoms in total. The predicted molar refractivity (Wildman–Crippen MR) is 55.4 cm³/mol. The van der Waals surface area contributed by atoms with Crippen LogP contribution in [0.5, 0.6) is 11.5 Å². The van der Waals surface area contributed by atoms with E-state index in [-0.39, 0.29) is 27.0 Å². The fraction of sp³-hybridized carbons (Fsp3) is 0.111. The topological polar surface area (TPSA) is 86.2 Å². The van der Waals surface area contributed by atoms with Crippen molar-refractivity contribution in [3.8, 4) is 11.5 Å². The highest BCUT2D eigenvalue weighted by atomic mass is 35.5. The molecule has 3 N–H and O–H groups in total. The third-order valence-electron chi connectivity index (χ3n) is 2.12. The average Bonchev–Trinajstić information content (AvgIpc) is 2.20. The summed E-state index contributed by atoms with van der Waals surface area (Å²) in [5.41, 5.74) is 0.157. The quantitative estimate of drug-likeness (QED) is 0.591. The largest absolute Gasteiger partial charge is 0.504 e. The summed E-state index contributed by atoms with van der Waals surface area (Å²) in [5.74, 6) is -0.894. The Balaban J connectivity index is 3.07. The van der Waals surface area contributed by atoms with E-state index in [1.807, 2.05) is 0 Å². The second-order valence-electron chi connectivity index (χ2n) is 3.12. The number of rotatable bonds is 0. The first-order chi connectivity index (χ1) is 7.02. The van der Waals surface area contributed by atoms with Crippen molar-refractivity contribution in [2.75, 3.05) is 0 Å². The van der Waals surface area contributed by atoms with Gasteiger partial charge in [-0.1, -0.05) is 11.6 Å². The molecule has 0 bridgehead atoms. The molecule has 1 heterocycles. The fourth-order valence-electron chi connectivity index (χ4n) is 1.31. The molecule has 1 aromatic heterocycles. The van der Waals surface area contributed by atoms with Gasteiger partial charge in [-0.3, -0.25) is 9.89 Å². The van der Waals surface area contributed by atoms with E-state index in [9.17, 15) is 15.0 Å². The lowest BCUT2D eigenvalue weighted by atomic mass is 10.2. The Labute approximate surface area is 88.9 Å². The van der Waals surface area contributed by atoms with Crippen LogP contribution in [-0.2, 0) is 0 Å². The maximum Gasteiger partial charge on any atom is 0.212 e. The van der Waals surface area contributed by atoms with Crippen LogP contribution in [0.3, 0.4) is 0 Å². The number of benzene rings is 1. The van der Waals surface area contributed by atoms with Crippen LogP contribution in [0.25, 0.3) is 10.9 Å². The van der Waals surface area contributed by atoms with E-state index in [0.29, 0.717) is 0 Å². The zero-order valence-electron chi connectivity index (χ0n) is 7.71. The highest BCUT2D eigenvalue weighted by Gasteiger charge is 2.14. The van der Waals surface area contributed by atoms with Gasteiger partial charge >= 0.3 is 0 Å². The number of aromatic nitrogens is 2. The van der Waals surface area contributed by atoms with Gasteiger partial charge in [-0.15, -0.1) is 0 Å². The number of hydrogen-bond acceptors (Lipinski definition) is 4. The summed E-state index contributed by atoms with van der Waals surface area (Å²) in [7, 11) is 0. The second kappa shape index (κ2) is 3.13. The number of aryl methyl sites for hydroxylation is 1. The smallest absolute Gasteiger partial charge is 0.212 e. The summed E-state index contributed by atoms with van der Waals surface area (Å²) in [4.78, 5) is 11.7. The van der Waals surface area contributed by atoms with E-state index < -0.39 is 11.5 Å². The molecule has 0 aliphatic rings. The molecule has 0 aliphatic carbocycles. The van der Waals surface area contributed by atoms with E-state index in [0.717, 1.165) is 0 Å². The molecule has 0 unspecified atom stereocenters. The third-order valence-corrected chi connectivity index (χ3v) is 2.49. The number of fused-ring (bicyclic) bond motifs is 1. The van der Waals surface area contributed by atoms with Gasteiger partial charge in [-0.2, -0.15) is 5.10 Å². The van der Waals surface area contributed by atoms with Gasteiger partial charge < -0.3 is 10.2 Å². The van der Waals surface area contributed by atoms with Gasteiger partial charge in [0.2, 0.25) is 5.43 Å². The van der Waals surface area contributed by atoms with Crippen LogP contribution in [-0.4, -0.2) is 20.4 Å². The van der Waals surface area contributed by atoms with E-state index in [1.165, 1.54) is 13.0 Å². The molecule has 0 saturated heterocycles. The van der Waals surface area contributed by atoms with Crippen molar-refractivity contribution in [1.29, 1.82) is 0 Å². The Kier molecular flexibility index (Phi) is 2.04. The molecule has 6 heteroatoms. The van der Waals surface area contributed by atoms with Gasteiger partial charge in [0.25, 0.3) is 0 Å². The van der Waals surface area contributed by atoms with Gasteiger partial charge in [0.15, 0.2) is 11.5 Å². The number of aromatic amines is 1. The molecule has 0 amide bonds. The second-order valence-corrected chi connectivity index (χ2v) is 3.50. The van der Waals surface area contributed by atoms with Crippen LogP contribution in [0.2, 0.25) is 5.02 Å². The van der Waals surface area contributed by atoms with Crippen molar-refractivity contribution in [3.05, 3.63) is 27.0 Å². The molecular formula is C9H7ClN2O3. The molecule has 0 spiro atoms. The summed E-state index contributed by atoms with van der Waals surface area (Å²) in [6.45, 7) is 1.53. The van der Waals surface area contributed by atoms with Crippen molar-refractivity contribution < 1.29 is 10.2 Å². The summed E-state index contributed by atoms with van der Waals surface area (Å²) in [6.07, 6.45) is 0. The van der Waals surface area contributed by atoms with Crippen LogP contribution >= 0.6 is 11.6 Å². The van der Waals surface area contributed by atoms with Crippen molar-refractivity contribution in [3.63, 3.8) is 0 Å². The monoisotopic (exact) mass is 226 g/mol. The van der Waals surface area contributed by atoms with Crippen LogP contribution < -0.4 is 5.43 Å². The summed E-state index contributed by atoms with van der Waals surface area (Å²) >= 11 is 5.75. The Bertz CT molecular complexity index is 606. The lowest BCUT2D eigenvalue weighted by molar-refractivity contribution is 0.405. The highest BCUT2D eigenvalue weighted by Crippen LogP contribution is 2.37. The standard InChI is InChI=1S/C9H7ClN2O3/c1-3-8(14)6-4(12-11-3)2-5(13)9(15)7(6)10/h2,13,15H,1H3,(H,12,14). The van der Waals surface area contributed by atoms with Gasteiger partial charge in [0.1, 0.15) is 5.69 Å². The number of phenolic OH excluding ortho intramolecular Hbond substituents is 2. The number of halogens is 1. The average molecular weight is 227 g/mol. The minimum absolute atomic E-state index is 0.125. The maximum atomic E-state index is 11.7. The number of nitrogens with one attached hydrogen (secondary N) is 1. The van der Waals surface area contributed by atoms with Crippen LogP contribution in [0.15, 0.2) is 10.9 Å². The predicted octanol–water partition coefficient (Wildman–Crippen LogP) is 1.30. The molecular weight excluding hydrogens is 220 g/mol. The number of aromatic hydroxyl groups is 2. The Morgan fingerprint density at radius 2 is 2.13 bits per heavy atom. The lowest BCUT2D eigenvalue weighted by Gasteiger charge is -2.04. The fourth-order valence-corrected chi connectivity index (χ4v) is 1.60. The van der Waals surface area contributed by atoms with Crippen molar-refractivity contribution in [1.82, 2.24) is 10.2 Å². The third kappa shape index (κ3) is 1.32. The first-order valence-electron chi connectivity index (χ1n) is 4.11. The van der Waals surface area contributed by atoms with Gasteiger partial charge in [-0.05, 0) is 6.92 Å². The Hall–Kier alpha value is -1.75. The molecule has 0 fully saturated rings. The molecule has 0 atom stereocenters. The molecule has 0 saturated carbocycles. The minimum atomic E-state index is -0.500. The molecule has 1 aromatic carbocycles. The highest BCUT2D eigenvalue weighted by molar-refractivity contribution is 6.37. The van der Waals surface area contributed by atoms with Crippen LogP contribution in [0, 0.1) is 6.92 Å². The summed E-state index contributed by atoms with van der Waals surface area (Å²) in [5, 5.41) is 24.9. The molecule has 0 aliphatic heterocycles. The lowest BCUT2D eigenvalue weighted by Crippen LogP contribution is -2.10. The number of phenols is 2. The van der Waals surface area contributed by atoms with Crippen molar-refractivity contribution in [2.24, 2.45) is 0 Å². The summed E-state index contributed by atoms with van der Waals surface area (Å²) in [6, 6.07) is 1.20. The first-order valence-corrected chi connectivity index (χ1v) is 4.49. The molecule has 0 radical (unpaired) electrons. The van der Waals surface area contributed by atoms with Crippen molar-refractivity contribution >= 4 is 22.5 Å². The number of nitrogens with zero attached hydrogens (tertiary/aromatic N) is 1. The normalized spacial score (nSPS) is 10.8. The van der Waals surface area contributed by atoms with E-state index in [2.05, 4.69) is 10.2 Å². The van der Waals surface area contributed by atoms with E-state index in [4.69, 9.17) is 11.6 Å². The zero-order chi connectivity index (χ0) is 11.2. The van der Waals surface area contributed by atoms with Crippen LogP contribution in [0.4, 0.5) is 0 Å². The van der Waals surface area contributed by atoms with Crippen molar-refractivity contribution in [2.45, 2.75) is 6.92 Å². The van der Waals surface area contributed by atoms with Gasteiger partial charge in [0.05, 0.1) is 15.9 Å². The zero-order valence-corrected chi connectivity index (χ0v) is 8.46. The maximum absolute atomic E-state index is 11.7. The van der Waals surface area contributed by atoms with Gasteiger partial charge in [0, 0.05) is 6.07 Å². The van der Waals surface area contributed by atoms with Crippen LogP contribution in [0.1, 0.15) is 5.69 Å².